The third kappa shape index (κ3) is 26.4. The zero-order chi connectivity index (χ0) is 28.0. The molecule has 0 aliphatic rings. The molecule has 0 radical (unpaired) electrons. The minimum absolute atomic E-state index is 0.0669. The Morgan fingerprint density at radius 1 is 0.632 bits per heavy atom. The fourth-order valence-corrected chi connectivity index (χ4v) is 5.93. The summed E-state index contributed by atoms with van der Waals surface area (Å²) in [6.07, 6.45) is 23.6. The van der Waals surface area contributed by atoms with Gasteiger partial charge in [-0.25, -0.2) is 0 Å². The van der Waals surface area contributed by atoms with Gasteiger partial charge in [0.05, 0.1) is 19.4 Å². The predicted molar refractivity (Wildman–Crippen MR) is 162 cm³/mol. The SMILES string of the molecule is CCCCCCCCCCCCC#CC#CCCCCCCCCC(=O)NCCCP(=O)(OCC)OCC. The summed E-state index contributed by atoms with van der Waals surface area (Å²) in [7, 11) is -3.01. The summed E-state index contributed by atoms with van der Waals surface area (Å²) in [6, 6.07) is 0. The fraction of sp³-hybridized carbons (Fsp3) is 0.844. The number of amides is 1. The quantitative estimate of drug-likeness (QED) is 0.0661. The van der Waals surface area contributed by atoms with E-state index in [9.17, 15) is 9.36 Å². The lowest BCUT2D eigenvalue weighted by atomic mass is 10.1. The Bertz CT molecular complexity index is 706. The van der Waals surface area contributed by atoms with Crippen molar-refractivity contribution in [2.24, 2.45) is 0 Å². The molecule has 0 rings (SSSR count). The van der Waals surface area contributed by atoms with Crippen LogP contribution in [0.4, 0.5) is 0 Å². The number of rotatable bonds is 26. The average molecular weight is 552 g/mol. The van der Waals surface area contributed by atoms with Gasteiger partial charge < -0.3 is 14.4 Å². The van der Waals surface area contributed by atoms with Crippen LogP contribution in [0.3, 0.4) is 0 Å². The standard InChI is InChI=1S/C32H58NO4P/c1-4-7-8-9-10-11-12-13-14-15-16-17-18-19-20-21-22-23-24-25-26-27-29-32(34)33-30-28-31-38(35,36-5-2)37-6-3/h4-16,21-31H2,1-3H3,(H,33,34). The number of carbonyl (C=O) groups is 1. The van der Waals surface area contributed by atoms with Crippen LogP contribution in [0.1, 0.15) is 149 Å². The molecule has 0 heterocycles. The van der Waals surface area contributed by atoms with Crippen molar-refractivity contribution < 1.29 is 18.4 Å². The van der Waals surface area contributed by atoms with Crippen LogP contribution in [0.25, 0.3) is 0 Å². The molecule has 6 heteroatoms. The summed E-state index contributed by atoms with van der Waals surface area (Å²) in [5, 5.41) is 2.91. The van der Waals surface area contributed by atoms with Gasteiger partial charge in [0.15, 0.2) is 0 Å². The number of carbonyl (C=O) groups excluding carboxylic acids is 1. The second kappa shape index (κ2) is 28.7. The highest BCUT2D eigenvalue weighted by molar-refractivity contribution is 7.53. The molecule has 0 atom stereocenters. The lowest BCUT2D eigenvalue weighted by molar-refractivity contribution is -0.121. The van der Waals surface area contributed by atoms with Gasteiger partial charge in [0.25, 0.3) is 0 Å². The first-order valence-electron chi connectivity index (χ1n) is 15.7. The molecule has 0 aromatic carbocycles. The minimum atomic E-state index is -3.01. The molecule has 0 saturated carbocycles. The minimum Gasteiger partial charge on any atom is -0.356 e. The number of hydrogen-bond acceptors (Lipinski definition) is 4. The highest BCUT2D eigenvalue weighted by atomic mass is 31.2. The van der Waals surface area contributed by atoms with E-state index < -0.39 is 7.60 Å². The smallest absolute Gasteiger partial charge is 0.330 e. The highest BCUT2D eigenvalue weighted by Gasteiger charge is 2.22. The molecule has 1 N–H and O–H groups in total. The molecule has 38 heavy (non-hydrogen) atoms. The van der Waals surface area contributed by atoms with Crippen molar-refractivity contribution in [1.29, 1.82) is 0 Å². The summed E-state index contributed by atoms with van der Waals surface area (Å²) in [6.45, 7) is 7.12. The third-order valence-electron chi connectivity index (χ3n) is 6.43. The van der Waals surface area contributed by atoms with E-state index in [2.05, 4.69) is 35.9 Å². The lowest BCUT2D eigenvalue weighted by Gasteiger charge is -2.16. The van der Waals surface area contributed by atoms with E-state index in [1.54, 1.807) is 13.8 Å². The van der Waals surface area contributed by atoms with E-state index in [-0.39, 0.29) is 5.91 Å². The molecule has 0 fully saturated rings. The molecule has 0 aliphatic carbocycles. The van der Waals surface area contributed by atoms with Crippen LogP contribution in [0.2, 0.25) is 0 Å². The number of nitrogens with one attached hydrogen (secondary N) is 1. The molecule has 5 nitrogen and oxygen atoms in total. The number of hydrogen-bond donors (Lipinski definition) is 1. The van der Waals surface area contributed by atoms with Gasteiger partial charge in [-0.2, -0.15) is 0 Å². The molecule has 0 unspecified atom stereocenters. The first-order chi connectivity index (χ1) is 18.6. The van der Waals surface area contributed by atoms with Crippen LogP contribution >= 0.6 is 7.60 Å². The Kier molecular flexibility index (Phi) is 27.8. The molecular weight excluding hydrogens is 493 g/mol. The number of unbranched alkanes of at least 4 members (excludes halogenated alkanes) is 16. The van der Waals surface area contributed by atoms with Crippen molar-refractivity contribution in [3.8, 4) is 23.7 Å². The Morgan fingerprint density at radius 2 is 1.08 bits per heavy atom. The van der Waals surface area contributed by atoms with E-state index >= 15 is 0 Å². The van der Waals surface area contributed by atoms with Crippen LogP contribution in [-0.4, -0.2) is 31.8 Å². The van der Waals surface area contributed by atoms with Crippen molar-refractivity contribution in [2.45, 2.75) is 149 Å². The van der Waals surface area contributed by atoms with E-state index in [4.69, 9.17) is 9.05 Å². The molecule has 0 bridgehead atoms. The largest absolute Gasteiger partial charge is 0.356 e. The highest BCUT2D eigenvalue weighted by Crippen LogP contribution is 2.48. The molecule has 220 valence electrons. The second-order valence-electron chi connectivity index (χ2n) is 10.0. The maximum absolute atomic E-state index is 12.4. The van der Waals surface area contributed by atoms with E-state index in [0.717, 1.165) is 38.5 Å². The van der Waals surface area contributed by atoms with Crippen LogP contribution in [0.15, 0.2) is 0 Å². The Labute approximate surface area is 235 Å². The molecule has 0 spiro atoms. The summed E-state index contributed by atoms with van der Waals surface area (Å²) in [5.41, 5.74) is 0. The summed E-state index contributed by atoms with van der Waals surface area (Å²) in [4.78, 5) is 12.0. The van der Waals surface area contributed by atoms with Gasteiger partial charge in [-0.3, -0.25) is 9.36 Å². The maximum atomic E-state index is 12.4. The topological polar surface area (TPSA) is 64.6 Å². The Hall–Kier alpha value is -1.26. The zero-order valence-electron chi connectivity index (χ0n) is 25.1. The molecule has 0 aliphatic heterocycles. The molecular formula is C32H58NO4P. The average Bonchev–Trinajstić information content (AvgIpc) is 2.90. The Balaban J connectivity index is 3.48. The van der Waals surface area contributed by atoms with Crippen molar-refractivity contribution in [3.63, 3.8) is 0 Å². The van der Waals surface area contributed by atoms with Gasteiger partial charge in [-0.05, 0) is 51.4 Å². The maximum Gasteiger partial charge on any atom is 0.330 e. The molecule has 1 amide bonds. The summed E-state index contributed by atoms with van der Waals surface area (Å²) < 4.78 is 22.9. The first kappa shape index (κ1) is 36.7. The van der Waals surface area contributed by atoms with Crippen molar-refractivity contribution in [3.05, 3.63) is 0 Å². The van der Waals surface area contributed by atoms with Crippen molar-refractivity contribution in [2.75, 3.05) is 25.9 Å². The van der Waals surface area contributed by atoms with Crippen LogP contribution in [0.5, 0.6) is 0 Å². The first-order valence-corrected chi connectivity index (χ1v) is 17.4. The van der Waals surface area contributed by atoms with Crippen LogP contribution in [-0.2, 0) is 18.4 Å². The van der Waals surface area contributed by atoms with E-state index in [1.807, 2.05) is 0 Å². The van der Waals surface area contributed by atoms with Gasteiger partial charge >= 0.3 is 7.60 Å². The third-order valence-corrected chi connectivity index (χ3v) is 8.60. The van der Waals surface area contributed by atoms with Crippen molar-refractivity contribution >= 4 is 13.5 Å². The van der Waals surface area contributed by atoms with Gasteiger partial charge in [0, 0.05) is 25.8 Å². The molecule has 0 saturated heterocycles. The van der Waals surface area contributed by atoms with Gasteiger partial charge in [-0.1, -0.05) is 102 Å². The van der Waals surface area contributed by atoms with Crippen molar-refractivity contribution in [1.82, 2.24) is 5.32 Å². The molecule has 0 aromatic heterocycles. The predicted octanol–water partition coefficient (Wildman–Crippen LogP) is 9.20. The monoisotopic (exact) mass is 551 g/mol. The van der Waals surface area contributed by atoms with Gasteiger partial charge in [-0.15, -0.1) is 0 Å². The molecule has 0 aromatic rings. The van der Waals surface area contributed by atoms with Crippen LogP contribution in [0, 0.1) is 23.7 Å². The lowest BCUT2D eigenvalue weighted by Crippen LogP contribution is -2.24. The summed E-state index contributed by atoms with van der Waals surface area (Å²) in [5.74, 6) is 12.5. The normalized spacial score (nSPS) is 10.9. The Morgan fingerprint density at radius 3 is 1.55 bits per heavy atom. The summed E-state index contributed by atoms with van der Waals surface area (Å²) >= 11 is 0. The second-order valence-corrected chi connectivity index (χ2v) is 12.2. The zero-order valence-corrected chi connectivity index (χ0v) is 25.9. The fourth-order valence-electron chi connectivity index (χ4n) is 4.27. The van der Waals surface area contributed by atoms with Gasteiger partial charge in [0.1, 0.15) is 0 Å². The van der Waals surface area contributed by atoms with Gasteiger partial charge in [0.2, 0.25) is 5.91 Å². The van der Waals surface area contributed by atoms with Crippen LogP contribution < -0.4 is 5.32 Å². The van der Waals surface area contributed by atoms with E-state index in [0.29, 0.717) is 38.8 Å². The van der Waals surface area contributed by atoms with E-state index in [1.165, 1.54) is 77.0 Å².